The molecule has 0 spiro atoms. The predicted molar refractivity (Wildman–Crippen MR) is 92.8 cm³/mol. The smallest absolute Gasteiger partial charge is 0.242 e. The van der Waals surface area contributed by atoms with Crippen LogP contribution in [0.4, 0.5) is 4.39 Å². The molecular formula is C17H19FN2O4S. The van der Waals surface area contributed by atoms with Gasteiger partial charge in [-0.25, -0.2) is 4.39 Å². The minimum absolute atomic E-state index is 0.170. The van der Waals surface area contributed by atoms with Crippen molar-refractivity contribution < 1.29 is 23.6 Å². The van der Waals surface area contributed by atoms with Gasteiger partial charge in [-0.1, -0.05) is 17.3 Å². The number of hydrogen-bond donors (Lipinski definition) is 0. The molecule has 1 aliphatic heterocycles. The Labute approximate surface area is 149 Å². The Balaban J connectivity index is 1.65. The highest BCUT2D eigenvalue weighted by Crippen LogP contribution is 2.23. The van der Waals surface area contributed by atoms with E-state index in [0.29, 0.717) is 12.0 Å². The summed E-state index contributed by atoms with van der Waals surface area (Å²) in [5.74, 6) is -0.870. The summed E-state index contributed by atoms with van der Waals surface area (Å²) in [4.78, 5) is 41.5. The summed E-state index contributed by atoms with van der Waals surface area (Å²) in [5.41, 5.74) is 0.656. The van der Waals surface area contributed by atoms with Crippen LogP contribution < -0.4 is 0 Å². The first kappa shape index (κ1) is 19.1. The van der Waals surface area contributed by atoms with Gasteiger partial charge in [0.05, 0.1) is 11.5 Å². The maximum Gasteiger partial charge on any atom is 0.242 e. The van der Waals surface area contributed by atoms with Crippen LogP contribution >= 0.6 is 11.8 Å². The summed E-state index contributed by atoms with van der Waals surface area (Å²) in [7, 11) is 0. The number of carbonyl (C=O) groups excluding carboxylic acids is 3. The third-order valence-corrected chi connectivity index (χ3v) is 4.63. The molecule has 0 aliphatic carbocycles. The summed E-state index contributed by atoms with van der Waals surface area (Å²) >= 11 is 1.36. The zero-order chi connectivity index (χ0) is 18.2. The Morgan fingerprint density at radius 1 is 1.40 bits per heavy atom. The Hall–Kier alpha value is -2.22. The Kier molecular flexibility index (Phi) is 7.12. The number of amides is 2. The van der Waals surface area contributed by atoms with Crippen LogP contribution in [0.5, 0.6) is 0 Å². The zero-order valence-electron chi connectivity index (χ0n) is 13.8. The van der Waals surface area contributed by atoms with Gasteiger partial charge in [0.2, 0.25) is 11.8 Å². The quantitative estimate of drug-likeness (QED) is 0.380. The highest BCUT2D eigenvalue weighted by atomic mass is 32.2. The molecule has 134 valence electrons. The molecule has 1 fully saturated rings. The van der Waals surface area contributed by atoms with Crippen LogP contribution in [0.15, 0.2) is 29.4 Å². The van der Waals surface area contributed by atoms with Gasteiger partial charge in [-0.05, 0) is 30.4 Å². The number of Topliss-reactive ketones (excluding diaryl/α,β-unsaturated/α-hetero) is 1. The minimum atomic E-state index is -0.341. The highest BCUT2D eigenvalue weighted by Gasteiger charge is 2.37. The normalized spacial score (nSPS) is 17.5. The third-order valence-electron chi connectivity index (χ3n) is 3.70. The number of halogens is 1. The van der Waals surface area contributed by atoms with E-state index in [1.165, 1.54) is 47.1 Å². The van der Waals surface area contributed by atoms with Crippen LogP contribution in [0.1, 0.15) is 24.8 Å². The van der Waals surface area contributed by atoms with Crippen LogP contribution in [0.2, 0.25) is 0 Å². The van der Waals surface area contributed by atoms with Crippen molar-refractivity contribution in [3.8, 4) is 0 Å². The molecule has 2 amide bonds. The van der Waals surface area contributed by atoms with Gasteiger partial charge in [0, 0.05) is 19.4 Å². The van der Waals surface area contributed by atoms with Gasteiger partial charge in [0.1, 0.15) is 5.82 Å². The molecule has 25 heavy (non-hydrogen) atoms. The fourth-order valence-corrected chi connectivity index (χ4v) is 2.97. The molecule has 0 saturated carbocycles. The molecule has 2 rings (SSSR count). The lowest BCUT2D eigenvalue weighted by Gasteiger charge is -2.13. The first-order chi connectivity index (χ1) is 12.0. The fraction of sp³-hybridized carbons (Fsp3) is 0.412. The zero-order valence-corrected chi connectivity index (χ0v) is 14.6. The number of carbonyl (C=O) groups is 3. The predicted octanol–water partition coefficient (Wildman–Crippen LogP) is 2.02. The summed E-state index contributed by atoms with van der Waals surface area (Å²) in [6.45, 7) is 0.0618. The Morgan fingerprint density at radius 2 is 2.12 bits per heavy atom. The van der Waals surface area contributed by atoms with Crippen molar-refractivity contribution in [3.05, 3.63) is 35.6 Å². The molecule has 1 aromatic rings. The number of ketones is 1. The summed E-state index contributed by atoms with van der Waals surface area (Å²) in [6, 6.07) is 5.68. The van der Waals surface area contributed by atoms with Crippen LogP contribution in [-0.4, -0.2) is 53.4 Å². The van der Waals surface area contributed by atoms with E-state index in [1.54, 1.807) is 6.26 Å². The number of rotatable bonds is 9. The number of imide groups is 1. The van der Waals surface area contributed by atoms with E-state index < -0.39 is 0 Å². The standard InChI is InChI=1S/C17H19FN2O4S/c1-25-15-9-16(22)20(17(15)23)8-2-3-14(21)11-24-19-10-12-4-6-13(18)7-5-12/h4-7,10,15H,2-3,8-9,11H2,1H3/b19-10-. The highest BCUT2D eigenvalue weighted by molar-refractivity contribution is 8.00. The van der Waals surface area contributed by atoms with Crippen LogP contribution in [0.25, 0.3) is 0 Å². The fourth-order valence-electron chi connectivity index (χ4n) is 2.33. The monoisotopic (exact) mass is 366 g/mol. The van der Waals surface area contributed by atoms with Crippen molar-refractivity contribution in [3.63, 3.8) is 0 Å². The molecule has 1 aliphatic rings. The van der Waals surface area contributed by atoms with Gasteiger partial charge < -0.3 is 4.84 Å². The average Bonchev–Trinajstić information content (AvgIpc) is 2.87. The maximum atomic E-state index is 12.7. The molecule has 6 nitrogen and oxygen atoms in total. The lowest BCUT2D eigenvalue weighted by atomic mass is 10.2. The largest absolute Gasteiger partial charge is 0.388 e. The average molecular weight is 366 g/mol. The van der Waals surface area contributed by atoms with Crippen LogP contribution in [0, 0.1) is 5.82 Å². The summed E-state index contributed by atoms with van der Waals surface area (Å²) in [6.07, 6.45) is 4.02. The second kappa shape index (κ2) is 9.31. The van der Waals surface area contributed by atoms with Crippen LogP contribution in [0.3, 0.4) is 0 Å². The van der Waals surface area contributed by atoms with Crippen molar-refractivity contribution in [1.82, 2.24) is 4.90 Å². The van der Waals surface area contributed by atoms with Gasteiger partial charge in [0.15, 0.2) is 12.4 Å². The van der Waals surface area contributed by atoms with E-state index in [4.69, 9.17) is 4.84 Å². The number of oxime groups is 1. The summed E-state index contributed by atoms with van der Waals surface area (Å²) in [5, 5.41) is 3.35. The first-order valence-corrected chi connectivity index (χ1v) is 9.09. The molecule has 0 radical (unpaired) electrons. The minimum Gasteiger partial charge on any atom is -0.388 e. The molecular weight excluding hydrogens is 347 g/mol. The van der Waals surface area contributed by atoms with E-state index in [0.717, 1.165) is 0 Å². The summed E-state index contributed by atoms with van der Waals surface area (Å²) < 4.78 is 12.7. The Morgan fingerprint density at radius 3 is 2.76 bits per heavy atom. The van der Waals surface area contributed by atoms with E-state index in [9.17, 15) is 18.8 Å². The van der Waals surface area contributed by atoms with Crippen molar-refractivity contribution in [1.29, 1.82) is 0 Å². The number of likely N-dealkylation sites (tertiary alicyclic amines) is 1. The SMILES string of the molecule is CSC1CC(=O)N(CCCC(=O)CO/N=C\c2ccc(F)cc2)C1=O. The second-order valence-electron chi connectivity index (χ2n) is 5.51. The lowest BCUT2D eigenvalue weighted by molar-refractivity contribution is -0.138. The number of hydrogen-bond acceptors (Lipinski definition) is 6. The number of nitrogens with zero attached hydrogens (tertiary/aromatic N) is 2. The molecule has 1 unspecified atom stereocenters. The molecule has 0 N–H and O–H groups in total. The van der Waals surface area contributed by atoms with E-state index >= 15 is 0 Å². The van der Waals surface area contributed by atoms with Gasteiger partial charge in [-0.3, -0.25) is 19.3 Å². The molecule has 0 aromatic heterocycles. The van der Waals surface area contributed by atoms with Gasteiger partial charge in [-0.15, -0.1) is 0 Å². The molecule has 1 saturated heterocycles. The molecule has 1 heterocycles. The van der Waals surface area contributed by atoms with E-state index in [-0.39, 0.29) is 54.7 Å². The third kappa shape index (κ3) is 5.67. The van der Waals surface area contributed by atoms with Gasteiger partial charge >= 0.3 is 0 Å². The first-order valence-electron chi connectivity index (χ1n) is 7.81. The van der Waals surface area contributed by atoms with Gasteiger partial charge in [-0.2, -0.15) is 11.8 Å². The van der Waals surface area contributed by atoms with E-state index in [2.05, 4.69) is 5.16 Å². The van der Waals surface area contributed by atoms with Crippen molar-refractivity contribution in [2.45, 2.75) is 24.5 Å². The molecule has 0 bridgehead atoms. The van der Waals surface area contributed by atoms with Gasteiger partial charge in [0.25, 0.3) is 0 Å². The second-order valence-corrected chi connectivity index (χ2v) is 6.55. The van der Waals surface area contributed by atoms with Crippen LogP contribution in [-0.2, 0) is 19.2 Å². The van der Waals surface area contributed by atoms with Crippen molar-refractivity contribution in [2.75, 3.05) is 19.4 Å². The Bertz CT molecular complexity index is 663. The topological polar surface area (TPSA) is 76.0 Å². The van der Waals surface area contributed by atoms with Crippen molar-refractivity contribution >= 4 is 35.6 Å². The molecule has 8 heteroatoms. The molecule has 1 atom stereocenters. The van der Waals surface area contributed by atoms with E-state index in [1.807, 2.05) is 0 Å². The lowest BCUT2D eigenvalue weighted by Crippen LogP contribution is -2.32. The number of thioether (sulfide) groups is 1. The molecule has 1 aromatic carbocycles. The number of benzene rings is 1. The maximum absolute atomic E-state index is 12.7. The van der Waals surface area contributed by atoms with Crippen molar-refractivity contribution in [2.24, 2.45) is 5.16 Å².